The predicted molar refractivity (Wildman–Crippen MR) is 76.8 cm³/mol. The van der Waals surface area contributed by atoms with Crippen LogP contribution in [-0.2, 0) is 0 Å². The first-order valence-corrected chi connectivity index (χ1v) is 6.40. The molecule has 0 spiro atoms. The second-order valence-electron chi connectivity index (χ2n) is 4.64. The molecule has 6 nitrogen and oxygen atoms in total. The maximum Gasteiger partial charge on any atom is 0.286 e. The van der Waals surface area contributed by atoms with Crippen LogP contribution in [0, 0.1) is 11.6 Å². The summed E-state index contributed by atoms with van der Waals surface area (Å²) in [6.45, 7) is 0. The van der Waals surface area contributed by atoms with Crippen LogP contribution in [0.25, 0.3) is 11.1 Å². The van der Waals surface area contributed by atoms with Gasteiger partial charge in [0.15, 0.2) is 0 Å². The zero-order chi connectivity index (χ0) is 16.6. The van der Waals surface area contributed by atoms with Crippen molar-refractivity contribution in [2.75, 3.05) is 5.32 Å². The van der Waals surface area contributed by atoms with Crippen LogP contribution in [0.3, 0.4) is 0 Å². The molecule has 0 atom stereocenters. The number of pyridine rings is 1. The number of carbonyl (C=O) groups excluding carboxylic acids is 2. The Kier molecular flexibility index (Phi) is 3.49. The molecular weight excluding hydrogens is 308 g/mol. The van der Waals surface area contributed by atoms with E-state index >= 15 is 0 Å². The van der Waals surface area contributed by atoms with E-state index in [1.807, 2.05) is 0 Å². The molecule has 2 amide bonds. The molecule has 3 N–H and O–H groups in total. The Morgan fingerprint density at radius 1 is 1.13 bits per heavy atom. The summed E-state index contributed by atoms with van der Waals surface area (Å²) in [5.41, 5.74) is 5.20. The van der Waals surface area contributed by atoms with Crippen LogP contribution in [0.1, 0.15) is 20.9 Å². The van der Waals surface area contributed by atoms with Gasteiger partial charge in [-0.1, -0.05) is 0 Å². The molecular formula is C15H9F2N3O3. The molecule has 23 heavy (non-hydrogen) atoms. The van der Waals surface area contributed by atoms with Gasteiger partial charge in [-0.3, -0.25) is 9.59 Å². The predicted octanol–water partition coefficient (Wildman–Crippen LogP) is 2.46. The van der Waals surface area contributed by atoms with Gasteiger partial charge in [0.2, 0.25) is 11.5 Å². The molecule has 1 aromatic carbocycles. The van der Waals surface area contributed by atoms with Crippen LogP contribution in [0.2, 0.25) is 0 Å². The SMILES string of the molecule is NC(=O)c1oc2ncc(F)cc2c1NC(=O)c1ccc(F)cc1. The molecule has 2 heterocycles. The smallest absolute Gasteiger partial charge is 0.286 e. The highest BCUT2D eigenvalue weighted by Gasteiger charge is 2.22. The number of aromatic nitrogens is 1. The maximum absolute atomic E-state index is 13.4. The Hall–Kier alpha value is -3.29. The third kappa shape index (κ3) is 2.73. The maximum atomic E-state index is 13.4. The molecule has 0 aliphatic heterocycles. The number of anilines is 1. The fraction of sp³-hybridized carbons (Fsp3) is 0. The van der Waals surface area contributed by atoms with Gasteiger partial charge in [-0.25, -0.2) is 13.8 Å². The van der Waals surface area contributed by atoms with Crippen LogP contribution in [0.4, 0.5) is 14.5 Å². The minimum Gasteiger partial charge on any atom is -0.430 e. The Balaban J connectivity index is 2.05. The second-order valence-corrected chi connectivity index (χ2v) is 4.64. The quantitative estimate of drug-likeness (QED) is 0.775. The number of hydrogen-bond donors (Lipinski definition) is 2. The fourth-order valence-electron chi connectivity index (χ4n) is 2.04. The van der Waals surface area contributed by atoms with Crippen molar-refractivity contribution in [2.24, 2.45) is 5.73 Å². The van der Waals surface area contributed by atoms with Crippen molar-refractivity contribution in [1.82, 2.24) is 4.98 Å². The highest BCUT2D eigenvalue weighted by Crippen LogP contribution is 2.30. The summed E-state index contributed by atoms with van der Waals surface area (Å²) in [7, 11) is 0. The minimum atomic E-state index is -0.946. The average Bonchev–Trinajstić information content (AvgIpc) is 2.86. The van der Waals surface area contributed by atoms with Gasteiger partial charge in [0, 0.05) is 5.56 Å². The van der Waals surface area contributed by atoms with E-state index in [0.29, 0.717) is 0 Å². The van der Waals surface area contributed by atoms with Gasteiger partial charge < -0.3 is 15.5 Å². The standard InChI is InChI=1S/C15H9F2N3O3/c16-8-3-1-7(2-4-8)14(22)20-11-10-5-9(17)6-19-15(10)23-12(11)13(18)21/h1-6H,(H2,18,21)(H,20,22). The van der Waals surface area contributed by atoms with Gasteiger partial charge in [0.05, 0.1) is 11.6 Å². The van der Waals surface area contributed by atoms with E-state index in [4.69, 9.17) is 10.2 Å². The number of halogens is 2. The van der Waals surface area contributed by atoms with E-state index in [1.165, 1.54) is 12.1 Å². The molecule has 3 aromatic rings. The number of fused-ring (bicyclic) bond motifs is 1. The van der Waals surface area contributed by atoms with Crippen LogP contribution < -0.4 is 11.1 Å². The summed E-state index contributed by atoms with van der Waals surface area (Å²) < 4.78 is 31.4. The number of hydrogen-bond acceptors (Lipinski definition) is 4. The monoisotopic (exact) mass is 317 g/mol. The summed E-state index contributed by atoms with van der Waals surface area (Å²) in [6, 6.07) is 5.79. The zero-order valence-corrected chi connectivity index (χ0v) is 11.5. The molecule has 0 aliphatic carbocycles. The lowest BCUT2D eigenvalue weighted by Crippen LogP contribution is -2.17. The molecule has 0 saturated heterocycles. The van der Waals surface area contributed by atoms with Crippen molar-refractivity contribution < 1.29 is 22.8 Å². The average molecular weight is 317 g/mol. The zero-order valence-electron chi connectivity index (χ0n) is 11.5. The van der Waals surface area contributed by atoms with Crippen molar-refractivity contribution in [1.29, 1.82) is 0 Å². The lowest BCUT2D eigenvalue weighted by atomic mass is 10.2. The normalized spacial score (nSPS) is 10.7. The summed E-state index contributed by atoms with van der Waals surface area (Å²) in [5, 5.41) is 2.51. The number of benzene rings is 1. The lowest BCUT2D eigenvalue weighted by molar-refractivity contribution is 0.0977. The molecule has 0 saturated carbocycles. The lowest BCUT2D eigenvalue weighted by Gasteiger charge is -2.04. The highest BCUT2D eigenvalue weighted by molar-refractivity contribution is 6.13. The third-order valence-corrected chi connectivity index (χ3v) is 3.08. The molecule has 2 aromatic heterocycles. The highest BCUT2D eigenvalue weighted by atomic mass is 19.1. The van der Waals surface area contributed by atoms with Crippen molar-refractivity contribution in [3.05, 3.63) is 59.5 Å². The van der Waals surface area contributed by atoms with E-state index < -0.39 is 23.4 Å². The molecule has 0 radical (unpaired) electrons. The van der Waals surface area contributed by atoms with Gasteiger partial charge in [0.1, 0.15) is 17.3 Å². The van der Waals surface area contributed by atoms with Gasteiger partial charge in [-0.15, -0.1) is 0 Å². The molecule has 3 rings (SSSR count). The van der Waals surface area contributed by atoms with E-state index in [2.05, 4.69) is 10.3 Å². The Bertz CT molecular complexity index is 920. The topological polar surface area (TPSA) is 98.2 Å². The first kappa shape index (κ1) is 14.6. The largest absolute Gasteiger partial charge is 0.430 e. The number of nitrogens with one attached hydrogen (secondary N) is 1. The number of nitrogens with two attached hydrogens (primary N) is 1. The number of nitrogens with zero attached hydrogens (tertiary/aromatic N) is 1. The van der Waals surface area contributed by atoms with E-state index in [0.717, 1.165) is 24.4 Å². The third-order valence-electron chi connectivity index (χ3n) is 3.08. The summed E-state index contributed by atoms with van der Waals surface area (Å²) in [5.74, 6) is -3.11. The Labute approximate surface area is 127 Å². The number of carbonyl (C=O) groups is 2. The van der Waals surface area contributed by atoms with Crippen molar-refractivity contribution in [2.45, 2.75) is 0 Å². The second kappa shape index (κ2) is 5.48. The van der Waals surface area contributed by atoms with E-state index in [-0.39, 0.29) is 28.1 Å². The van der Waals surface area contributed by atoms with E-state index in [9.17, 15) is 18.4 Å². The van der Waals surface area contributed by atoms with Crippen molar-refractivity contribution in [3.63, 3.8) is 0 Å². The molecule has 0 aliphatic rings. The van der Waals surface area contributed by atoms with Crippen LogP contribution in [-0.4, -0.2) is 16.8 Å². The van der Waals surface area contributed by atoms with Gasteiger partial charge in [-0.2, -0.15) is 0 Å². The van der Waals surface area contributed by atoms with Crippen LogP contribution in [0.15, 0.2) is 40.9 Å². The van der Waals surface area contributed by atoms with Crippen molar-refractivity contribution in [3.8, 4) is 0 Å². The fourth-order valence-corrected chi connectivity index (χ4v) is 2.04. The molecule has 8 heteroatoms. The van der Waals surface area contributed by atoms with Gasteiger partial charge in [0.25, 0.3) is 11.8 Å². The Morgan fingerprint density at radius 3 is 2.48 bits per heavy atom. The Morgan fingerprint density at radius 2 is 1.83 bits per heavy atom. The summed E-state index contributed by atoms with van der Waals surface area (Å²) in [4.78, 5) is 27.3. The number of amides is 2. The first-order valence-electron chi connectivity index (χ1n) is 6.40. The number of rotatable bonds is 3. The van der Waals surface area contributed by atoms with E-state index in [1.54, 1.807) is 0 Å². The summed E-state index contributed by atoms with van der Waals surface area (Å²) >= 11 is 0. The minimum absolute atomic E-state index is 0.0467. The molecule has 116 valence electrons. The van der Waals surface area contributed by atoms with Gasteiger partial charge >= 0.3 is 0 Å². The number of furan rings is 1. The van der Waals surface area contributed by atoms with Crippen molar-refractivity contribution >= 4 is 28.6 Å². The molecule has 0 bridgehead atoms. The van der Waals surface area contributed by atoms with Crippen LogP contribution >= 0.6 is 0 Å². The number of primary amides is 1. The van der Waals surface area contributed by atoms with Gasteiger partial charge in [-0.05, 0) is 30.3 Å². The molecule has 0 unspecified atom stereocenters. The first-order chi connectivity index (χ1) is 11.0. The molecule has 0 fully saturated rings. The summed E-state index contributed by atoms with van der Waals surface area (Å²) in [6.07, 6.45) is 0.905. The van der Waals surface area contributed by atoms with Crippen LogP contribution in [0.5, 0.6) is 0 Å².